The number of carbonyl (C=O) groups is 3. The van der Waals surface area contributed by atoms with Gasteiger partial charge in [0, 0.05) is 25.0 Å². The third-order valence-corrected chi connectivity index (χ3v) is 3.87. The topological polar surface area (TPSA) is 108 Å². The molecule has 0 radical (unpaired) electrons. The van der Waals surface area contributed by atoms with Crippen molar-refractivity contribution in [2.75, 3.05) is 25.1 Å². The number of benzene rings is 1. The number of aryl methyl sites for hydroxylation is 1. The standard InChI is InChI=1S/C21H27N3O6/c1-4-11-28-17-9-8-15(13-18(17)29-12-5-2)22-21(27)23-19(25)14-30-20(26)16-7-6-10-24(16)3/h6-10,13H,4-5,11-12,14H2,1-3H3,(H2,22,23,25,27). The highest BCUT2D eigenvalue weighted by Gasteiger charge is 2.15. The minimum absolute atomic E-state index is 0.303. The number of aromatic nitrogens is 1. The summed E-state index contributed by atoms with van der Waals surface area (Å²) >= 11 is 0. The molecule has 30 heavy (non-hydrogen) atoms. The van der Waals surface area contributed by atoms with Crippen LogP contribution in [-0.4, -0.2) is 42.3 Å². The third kappa shape index (κ3) is 6.84. The lowest BCUT2D eigenvalue weighted by atomic mass is 10.2. The normalized spacial score (nSPS) is 10.2. The highest BCUT2D eigenvalue weighted by Crippen LogP contribution is 2.30. The monoisotopic (exact) mass is 417 g/mol. The Hall–Kier alpha value is -3.49. The molecule has 2 aromatic rings. The molecule has 3 amide bonds. The Labute approximate surface area is 175 Å². The molecular formula is C21H27N3O6. The Bertz CT molecular complexity index is 877. The van der Waals surface area contributed by atoms with Crippen molar-refractivity contribution in [3.63, 3.8) is 0 Å². The predicted octanol–water partition coefficient (Wildman–Crippen LogP) is 3.11. The van der Waals surface area contributed by atoms with Crippen molar-refractivity contribution in [2.45, 2.75) is 26.7 Å². The fourth-order valence-electron chi connectivity index (χ4n) is 2.45. The Morgan fingerprint density at radius 3 is 2.33 bits per heavy atom. The summed E-state index contributed by atoms with van der Waals surface area (Å²) in [5, 5.41) is 4.66. The number of urea groups is 1. The number of rotatable bonds is 10. The van der Waals surface area contributed by atoms with E-state index in [1.54, 1.807) is 48.1 Å². The van der Waals surface area contributed by atoms with Gasteiger partial charge in [-0.15, -0.1) is 0 Å². The first-order valence-electron chi connectivity index (χ1n) is 9.73. The molecule has 0 bridgehead atoms. The Balaban J connectivity index is 1.89. The van der Waals surface area contributed by atoms with Gasteiger partial charge in [0.25, 0.3) is 5.91 Å². The van der Waals surface area contributed by atoms with Gasteiger partial charge in [0.2, 0.25) is 0 Å². The second-order valence-corrected chi connectivity index (χ2v) is 6.44. The molecule has 0 atom stereocenters. The van der Waals surface area contributed by atoms with E-state index in [0.29, 0.717) is 36.1 Å². The number of nitrogens with zero attached hydrogens (tertiary/aromatic N) is 1. The summed E-state index contributed by atoms with van der Waals surface area (Å²) in [6, 6.07) is 7.46. The highest BCUT2D eigenvalue weighted by atomic mass is 16.5. The maximum absolute atomic E-state index is 12.1. The van der Waals surface area contributed by atoms with Crippen LogP contribution in [0.3, 0.4) is 0 Å². The van der Waals surface area contributed by atoms with Gasteiger partial charge in [0.15, 0.2) is 18.1 Å². The maximum Gasteiger partial charge on any atom is 0.355 e. The van der Waals surface area contributed by atoms with Gasteiger partial charge >= 0.3 is 12.0 Å². The summed E-state index contributed by atoms with van der Waals surface area (Å²) in [7, 11) is 1.68. The molecule has 1 aromatic heterocycles. The Morgan fingerprint density at radius 2 is 1.70 bits per heavy atom. The van der Waals surface area contributed by atoms with Crippen LogP contribution in [0.4, 0.5) is 10.5 Å². The highest BCUT2D eigenvalue weighted by molar-refractivity contribution is 6.02. The van der Waals surface area contributed by atoms with E-state index < -0.39 is 24.5 Å². The van der Waals surface area contributed by atoms with E-state index in [9.17, 15) is 14.4 Å². The van der Waals surface area contributed by atoms with Gasteiger partial charge in [-0.3, -0.25) is 10.1 Å². The predicted molar refractivity (Wildman–Crippen MR) is 111 cm³/mol. The van der Waals surface area contributed by atoms with E-state index in [2.05, 4.69) is 10.6 Å². The van der Waals surface area contributed by atoms with Crippen molar-refractivity contribution in [3.05, 3.63) is 42.2 Å². The fraction of sp³-hybridized carbons (Fsp3) is 0.381. The van der Waals surface area contributed by atoms with Crippen LogP contribution in [0.1, 0.15) is 37.2 Å². The molecule has 0 aliphatic heterocycles. The second-order valence-electron chi connectivity index (χ2n) is 6.44. The molecule has 2 N–H and O–H groups in total. The lowest BCUT2D eigenvalue weighted by Crippen LogP contribution is -2.37. The molecule has 0 saturated carbocycles. The summed E-state index contributed by atoms with van der Waals surface area (Å²) in [6.07, 6.45) is 3.36. The molecule has 0 aliphatic rings. The second kappa shape index (κ2) is 11.5. The lowest BCUT2D eigenvalue weighted by Gasteiger charge is -2.14. The largest absolute Gasteiger partial charge is 0.490 e. The van der Waals surface area contributed by atoms with Gasteiger partial charge in [0.05, 0.1) is 13.2 Å². The van der Waals surface area contributed by atoms with Gasteiger partial charge in [-0.2, -0.15) is 0 Å². The number of hydrogen-bond donors (Lipinski definition) is 2. The zero-order valence-corrected chi connectivity index (χ0v) is 17.4. The van der Waals surface area contributed by atoms with Crippen molar-refractivity contribution in [2.24, 2.45) is 7.05 Å². The maximum atomic E-state index is 12.1. The number of nitrogens with one attached hydrogen (secondary N) is 2. The van der Waals surface area contributed by atoms with E-state index in [0.717, 1.165) is 12.8 Å². The smallest absolute Gasteiger partial charge is 0.355 e. The SMILES string of the molecule is CCCOc1ccc(NC(=O)NC(=O)COC(=O)c2cccn2C)cc1OCCC. The average Bonchev–Trinajstić information content (AvgIpc) is 3.15. The van der Waals surface area contributed by atoms with Crippen molar-refractivity contribution < 1.29 is 28.6 Å². The van der Waals surface area contributed by atoms with Crippen molar-refractivity contribution in [1.29, 1.82) is 0 Å². The molecule has 162 valence electrons. The molecule has 0 saturated heterocycles. The molecule has 1 heterocycles. The Kier molecular flexibility index (Phi) is 8.74. The third-order valence-electron chi connectivity index (χ3n) is 3.87. The van der Waals surface area contributed by atoms with Gasteiger partial charge in [0.1, 0.15) is 5.69 Å². The Morgan fingerprint density at radius 1 is 1.00 bits per heavy atom. The number of amides is 3. The molecule has 2 rings (SSSR count). The van der Waals surface area contributed by atoms with Gasteiger partial charge in [-0.25, -0.2) is 9.59 Å². The first-order chi connectivity index (χ1) is 14.4. The first-order valence-corrected chi connectivity index (χ1v) is 9.73. The number of hydrogen-bond acceptors (Lipinski definition) is 6. The van der Waals surface area contributed by atoms with Crippen LogP contribution in [0.2, 0.25) is 0 Å². The van der Waals surface area contributed by atoms with Crippen LogP contribution < -0.4 is 20.1 Å². The molecular weight excluding hydrogens is 390 g/mol. The summed E-state index contributed by atoms with van der Waals surface area (Å²) in [4.78, 5) is 35.8. The van der Waals surface area contributed by atoms with Crippen LogP contribution in [0.15, 0.2) is 36.5 Å². The number of anilines is 1. The molecule has 0 aliphatic carbocycles. The molecule has 9 heteroatoms. The zero-order chi connectivity index (χ0) is 21.9. The number of esters is 1. The molecule has 1 aromatic carbocycles. The number of ether oxygens (including phenoxy) is 3. The summed E-state index contributed by atoms with van der Waals surface area (Å²) in [5.41, 5.74) is 0.730. The van der Waals surface area contributed by atoms with Gasteiger partial charge < -0.3 is 24.1 Å². The lowest BCUT2D eigenvalue weighted by molar-refractivity contribution is -0.123. The quantitative estimate of drug-likeness (QED) is 0.575. The van der Waals surface area contributed by atoms with Crippen LogP contribution in [0.25, 0.3) is 0 Å². The first kappa shape index (κ1) is 22.8. The van der Waals surface area contributed by atoms with E-state index >= 15 is 0 Å². The number of carbonyl (C=O) groups excluding carboxylic acids is 3. The van der Waals surface area contributed by atoms with Crippen LogP contribution in [0.5, 0.6) is 11.5 Å². The molecule has 0 unspecified atom stereocenters. The molecule has 0 fully saturated rings. The van der Waals surface area contributed by atoms with Crippen molar-refractivity contribution >= 4 is 23.6 Å². The van der Waals surface area contributed by atoms with E-state index in [1.165, 1.54) is 0 Å². The van der Waals surface area contributed by atoms with Crippen LogP contribution >= 0.6 is 0 Å². The van der Waals surface area contributed by atoms with E-state index in [-0.39, 0.29) is 0 Å². The molecule has 0 spiro atoms. The molecule has 9 nitrogen and oxygen atoms in total. The summed E-state index contributed by atoms with van der Waals surface area (Å²) in [5.74, 6) is -0.315. The van der Waals surface area contributed by atoms with Crippen LogP contribution in [-0.2, 0) is 16.6 Å². The van der Waals surface area contributed by atoms with Crippen molar-refractivity contribution in [1.82, 2.24) is 9.88 Å². The van der Waals surface area contributed by atoms with Crippen molar-refractivity contribution in [3.8, 4) is 11.5 Å². The van der Waals surface area contributed by atoms with E-state index in [1.807, 2.05) is 13.8 Å². The minimum atomic E-state index is -0.751. The van der Waals surface area contributed by atoms with Gasteiger partial charge in [-0.05, 0) is 37.1 Å². The summed E-state index contributed by atoms with van der Waals surface area (Å²) < 4.78 is 17.8. The zero-order valence-electron chi connectivity index (χ0n) is 17.4. The average molecular weight is 417 g/mol. The van der Waals surface area contributed by atoms with Gasteiger partial charge in [-0.1, -0.05) is 13.8 Å². The minimum Gasteiger partial charge on any atom is -0.490 e. The fourth-order valence-corrected chi connectivity index (χ4v) is 2.45. The van der Waals surface area contributed by atoms with E-state index in [4.69, 9.17) is 14.2 Å². The van der Waals surface area contributed by atoms with Crippen LogP contribution in [0, 0.1) is 0 Å². The number of imide groups is 1. The summed E-state index contributed by atoms with van der Waals surface area (Å²) in [6.45, 7) is 4.46.